The summed E-state index contributed by atoms with van der Waals surface area (Å²) in [7, 11) is 0.584. The summed E-state index contributed by atoms with van der Waals surface area (Å²) in [6.45, 7) is 0. The highest BCUT2D eigenvalue weighted by molar-refractivity contribution is 6.62. The van der Waals surface area contributed by atoms with Crippen LogP contribution in [0.1, 0.15) is 5.56 Å². The van der Waals surface area contributed by atoms with Crippen molar-refractivity contribution in [1.29, 1.82) is 0 Å². The summed E-state index contributed by atoms with van der Waals surface area (Å²) in [5.74, 6) is 0.684. The van der Waals surface area contributed by atoms with Crippen molar-refractivity contribution in [3.8, 4) is 5.75 Å². The van der Waals surface area contributed by atoms with Gasteiger partial charge in [-0.2, -0.15) is 0 Å². The van der Waals surface area contributed by atoms with Gasteiger partial charge in [-0.25, -0.2) is 0 Å². The Balaban J connectivity index is 2.56. The van der Waals surface area contributed by atoms with Crippen molar-refractivity contribution >= 4 is 18.8 Å². The molecule has 5 heteroatoms. The van der Waals surface area contributed by atoms with E-state index in [1.165, 1.54) is 6.21 Å². The SMILES string of the molecule is COc1cccc2c1C=NOB2O. The molecule has 0 radical (unpaired) electrons. The highest BCUT2D eigenvalue weighted by Gasteiger charge is 2.26. The van der Waals surface area contributed by atoms with Crippen molar-refractivity contribution in [3.63, 3.8) is 0 Å². The van der Waals surface area contributed by atoms with Gasteiger partial charge in [0.05, 0.1) is 13.3 Å². The normalized spacial score (nSPS) is 13.5. The minimum atomic E-state index is -0.991. The van der Waals surface area contributed by atoms with E-state index < -0.39 is 7.12 Å². The summed E-state index contributed by atoms with van der Waals surface area (Å²) >= 11 is 0. The lowest BCUT2D eigenvalue weighted by atomic mass is 9.76. The lowest BCUT2D eigenvalue weighted by Gasteiger charge is -2.14. The smallest absolute Gasteiger partial charge is 0.496 e. The highest BCUT2D eigenvalue weighted by atomic mass is 16.6. The fraction of sp³-hybridized carbons (Fsp3) is 0.125. The third kappa shape index (κ3) is 1.27. The summed E-state index contributed by atoms with van der Waals surface area (Å²) in [6, 6.07) is 5.38. The van der Waals surface area contributed by atoms with Gasteiger partial charge in [0.25, 0.3) is 0 Å². The standard InChI is InChI=1S/C8H8BNO3/c1-12-8-4-2-3-7-6(8)5-10-13-9(7)11/h2-5,11H,1H3. The average Bonchev–Trinajstić information content (AvgIpc) is 2.18. The van der Waals surface area contributed by atoms with Gasteiger partial charge in [0.1, 0.15) is 5.75 Å². The molecule has 1 aromatic carbocycles. The maximum Gasteiger partial charge on any atom is 0.583 e. The van der Waals surface area contributed by atoms with E-state index in [0.29, 0.717) is 11.2 Å². The molecular formula is C8H8BNO3. The van der Waals surface area contributed by atoms with E-state index in [9.17, 15) is 5.02 Å². The van der Waals surface area contributed by atoms with Crippen LogP contribution in [-0.4, -0.2) is 25.5 Å². The molecule has 1 heterocycles. The molecule has 66 valence electrons. The first kappa shape index (κ1) is 8.13. The second-order valence-corrected chi connectivity index (χ2v) is 2.66. The molecule has 0 amide bonds. The predicted molar refractivity (Wildman–Crippen MR) is 49.3 cm³/mol. The maximum absolute atomic E-state index is 9.39. The van der Waals surface area contributed by atoms with Crippen LogP contribution in [0, 0.1) is 0 Å². The van der Waals surface area contributed by atoms with Crippen LogP contribution >= 0.6 is 0 Å². The van der Waals surface area contributed by atoms with E-state index >= 15 is 0 Å². The van der Waals surface area contributed by atoms with Crippen molar-refractivity contribution in [3.05, 3.63) is 23.8 Å². The molecule has 0 unspecified atom stereocenters. The molecular weight excluding hydrogens is 169 g/mol. The Kier molecular flexibility index (Phi) is 1.94. The molecule has 1 aliphatic rings. The molecule has 0 aromatic heterocycles. The molecule has 0 atom stereocenters. The van der Waals surface area contributed by atoms with Crippen molar-refractivity contribution in [2.45, 2.75) is 0 Å². The van der Waals surface area contributed by atoms with E-state index in [-0.39, 0.29) is 0 Å². The van der Waals surface area contributed by atoms with Crippen LogP contribution in [-0.2, 0) is 4.76 Å². The number of nitrogens with zero attached hydrogens (tertiary/aromatic N) is 1. The van der Waals surface area contributed by atoms with Crippen LogP contribution in [0.5, 0.6) is 5.75 Å². The number of benzene rings is 1. The van der Waals surface area contributed by atoms with Crippen LogP contribution < -0.4 is 10.2 Å². The zero-order valence-corrected chi connectivity index (χ0v) is 7.10. The first-order valence-electron chi connectivity index (χ1n) is 3.87. The van der Waals surface area contributed by atoms with Crippen LogP contribution in [0.15, 0.2) is 23.4 Å². The van der Waals surface area contributed by atoms with Gasteiger partial charge in [0, 0.05) is 11.0 Å². The second-order valence-electron chi connectivity index (χ2n) is 2.66. The monoisotopic (exact) mass is 177 g/mol. The Bertz CT molecular complexity index is 353. The fourth-order valence-electron chi connectivity index (χ4n) is 1.29. The third-order valence-electron chi connectivity index (χ3n) is 1.93. The van der Waals surface area contributed by atoms with Gasteiger partial charge in [0.15, 0.2) is 0 Å². The Labute approximate surface area is 75.9 Å². The number of ether oxygens (including phenoxy) is 1. The van der Waals surface area contributed by atoms with E-state index in [4.69, 9.17) is 4.74 Å². The Morgan fingerprint density at radius 3 is 3.15 bits per heavy atom. The van der Waals surface area contributed by atoms with Crippen LogP contribution in [0.25, 0.3) is 0 Å². The van der Waals surface area contributed by atoms with Gasteiger partial charge in [-0.1, -0.05) is 12.1 Å². The summed E-state index contributed by atoms with van der Waals surface area (Å²) in [6.07, 6.45) is 1.53. The van der Waals surface area contributed by atoms with Gasteiger partial charge < -0.3 is 14.5 Å². The highest BCUT2D eigenvalue weighted by Crippen LogP contribution is 2.16. The Hall–Kier alpha value is -1.49. The molecule has 1 aliphatic heterocycles. The largest absolute Gasteiger partial charge is 0.583 e. The van der Waals surface area contributed by atoms with Gasteiger partial charge in [-0.15, -0.1) is 5.16 Å². The van der Waals surface area contributed by atoms with Crippen LogP contribution in [0.2, 0.25) is 0 Å². The molecule has 13 heavy (non-hydrogen) atoms. The zero-order valence-electron chi connectivity index (χ0n) is 7.10. The number of methoxy groups -OCH3 is 1. The number of hydrogen-bond donors (Lipinski definition) is 1. The molecule has 0 spiro atoms. The second kappa shape index (κ2) is 3.10. The summed E-state index contributed by atoms with van der Waals surface area (Å²) in [5, 5.41) is 12.9. The van der Waals surface area contributed by atoms with Crippen molar-refractivity contribution in [2.75, 3.05) is 7.11 Å². The maximum atomic E-state index is 9.39. The van der Waals surface area contributed by atoms with Crippen LogP contribution in [0.3, 0.4) is 0 Å². The molecule has 0 fully saturated rings. The molecule has 2 rings (SSSR count). The number of fused-ring (bicyclic) bond motifs is 1. The molecule has 0 aliphatic carbocycles. The minimum Gasteiger partial charge on any atom is -0.496 e. The van der Waals surface area contributed by atoms with Gasteiger partial charge >= 0.3 is 7.12 Å². The minimum absolute atomic E-state index is 0.675. The van der Waals surface area contributed by atoms with E-state index in [0.717, 1.165) is 5.56 Å². The Morgan fingerprint density at radius 1 is 1.54 bits per heavy atom. The average molecular weight is 177 g/mol. The molecule has 0 saturated carbocycles. The molecule has 1 N–H and O–H groups in total. The van der Waals surface area contributed by atoms with Gasteiger partial charge in [-0.3, -0.25) is 0 Å². The first-order valence-corrected chi connectivity index (χ1v) is 3.87. The summed E-state index contributed by atoms with van der Waals surface area (Å²) in [5.41, 5.74) is 1.44. The van der Waals surface area contributed by atoms with E-state index in [1.807, 2.05) is 6.07 Å². The van der Waals surface area contributed by atoms with E-state index in [1.54, 1.807) is 19.2 Å². The summed E-state index contributed by atoms with van der Waals surface area (Å²) in [4.78, 5) is 0. The molecule has 4 nitrogen and oxygen atoms in total. The van der Waals surface area contributed by atoms with Crippen LogP contribution in [0.4, 0.5) is 0 Å². The van der Waals surface area contributed by atoms with Crippen molar-refractivity contribution in [1.82, 2.24) is 0 Å². The fourth-order valence-corrected chi connectivity index (χ4v) is 1.29. The molecule has 0 bridgehead atoms. The van der Waals surface area contributed by atoms with Gasteiger partial charge in [-0.05, 0) is 6.07 Å². The number of rotatable bonds is 1. The zero-order chi connectivity index (χ0) is 9.26. The van der Waals surface area contributed by atoms with Gasteiger partial charge in [0.2, 0.25) is 0 Å². The van der Waals surface area contributed by atoms with Crippen molar-refractivity contribution < 1.29 is 14.5 Å². The third-order valence-corrected chi connectivity index (χ3v) is 1.93. The molecule has 1 aromatic rings. The number of hydrogen-bond acceptors (Lipinski definition) is 4. The Morgan fingerprint density at radius 2 is 2.38 bits per heavy atom. The summed E-state index contributed by atoms with van der Waals surface area (Å²) < 4.78 is 9.78. The quantitative estimate of drug-likeness (QED) is 0.601. The topological polar surface area (TPSA) is 51.0 Å². The number of oxime groups is 1. The van der Waals surface area contributed by atoms with E-state index in [2.05, 4.69) is 9.91 Å². The molecule has 0 saturated heterocycles. The lowest BCUT2D eigenvalue weighted by Crippen LogP contribution is -2.37. The predicted octanol–water partition coefficient (Wildman–Crippen LogP) is -0.253. The first-order chi connectivity index (χ1) is 6.33. The van der Waals surface area contributed by atoms with Crippen molar-refractivity contribution in [2.24, 2.45) is 5.16 Å². The lowest BCUT2D eigenvalue weighted by molar-refractivity contribution is 0.285.